The van der Waals surface area contributed by atoms with Crippen LogP contribution in [0, 0.1) is 5.41 Å². The molecule has 0 heterocycles. The molecule has 0 amide bonds. The Labute approximate surface area is 155 Å². The number of carbonyl (C=O) groups excluding carboxylic acids is 3. The van der Waals surface area contributed by atoms with Crippen LogP contribution in [0.5, 0.6) is 0 Å². The van der Waals surface area contributed by atoms with Gasteiger partial charge in [-0.3, -0.25) is 14.2 Å². The molecule has 0 aliphatic heterocycles. The molecule has 148 valence electrons. The second kappa shape index (κ2) is 10.6. The van der Waals surface area contributed by atoms with E-state index in [-0.39, 0.29) is 31.2 Å². The Morgan fingerprint density at radius 2 is 1.42 bits per heavy atom. The maximum atomic E-state index is 13.0. The van der Waals surface area contributed by atoms with E-state index in [4.69, 9.17) is 13.8 Å². The van der Waals surface area contributed by atoms with Crippen molar-refractivity contribution >= 4 is 25.1 Å². The third-order valence-corrected chi connectivity index (χ3v) is 5.23. The van der Waals surface area contributed by atoms with Gasteiger partial charge in [0.25, 0.3) is 0 Å². The lowest BCUT2D eigenvalue weighted by atomic mass is 9.89. The molecule has 0 atom stereocenters. The molecule has 0 aromatic rings. The highest BCUT2D eigenvalue weighted by molar-refractivity contribution is 7.60. The zero-order valence-electron chi connectivity index (χ0n) is 16.6. The Hall–Kier alpha value is -1.56. The van der Waals surface area contributed by atoms with E-state index in [9.17, 15) is 18.9 Å². The Kier molecular flexibility index (Phi) is 9.92. The lowest BCUT2D eigenvalue weighted by molar-refractivity contribution is -0.137. The minimum absolute atomic E-state index is 0.00834. The van der Waals surface area contributed by atoms with Crippen molar-refractivity contribution in [1.29, 1.82) is 0 Å². The molecule has 0 N–H and O–H groups in total. The highest BCUT2D eigenvalue weighted by atomic mass is 31.2. The van der Waals surface area contributed by atoms with Crippen LogP contribution in [0.3, 0.4) is 0 Å². The summed E-state index contributed by atoms with van der Waals surface area (Å²) in [4.78, 5) is 36.8. The maximum absolute atomic E-state index is 13.0. The second-order valence-corrected chi connectivity index (χ2v) is 8.38. The molecule has 0 saturated carbocycles. The summed E-state index contributed by atoms with van der Waals surface area (Å²) in [5, 5.41) is -0.449. The molecule has 0 radical (unpaired) electrons. The summed E-state index contributed by atoms with van der Waals surface area (Å²) in [5.74, 6) is -1.88. The standard InChI is InChI=1S/C18H29O7P/c1-8-23-16(20)12-14(26(22,24-9-2)25-10-3)17(21)13(4)11-15(19)18(5,6)7/h11-12H,8-10H2,1-7H3/b13-11+,14-12+. The van der Waals surface area contributed by atoms with Crippen molar-refractivity contribution in [1.82, 2.24) is 0 Å². The number of carbonyl (C=O) groups is 3. The number of ether oxygens (including phenoxy) is 1. The van der Waals surface area contributed by atoms with E-state index in [0.29, 0.717) is 0 Å². The first-order chi connectivity index (χ1) is 11.9. The molecule has 0 rings (SSSR count). The Morgan fingerprint density at radius 1 is 0.923 bits per heavy atom. The van der Waals surface area contributed by atoms with Crippen LogP contribution in [0.2, 0.25) is 0 Å². The first-order valence-corrected chi connectivity index (χ1v) is 10.0. The number of Topliss-reactive ketones (excluding diaryl/α,β-unsaturated/α-hetero) is 1. The summed E-state index contributed by atoms with van der Waals surface area (Å²) in [6, 6.07) is 0. The van der Waals surface area contributed by atoms with Crippen molar-refractivity contribution in [2.24, 2.45) is 5.41 Å². The third kappa shape index (κ3) is 7.36. The fourth-order valence-electron chi connectivity index (χ4n) is 1.76. The van der Waals surface area contributed by atoms with E-state index in [2.05, 4.69) is 0 Å². The van der Waals surface area contributed by atoms with Crippen LogP contribution in [0.15, 0.2) is 23.0 Å². The summed E-state index contributed by atoms with van der Waals surface area (Å²) in [6.45, 7) is 11.4. The van der Waals surface area contributed by atoms with Crippen molar-refractivity contribution in [3.05, 3.63) is 23.0 Å². The van der Waals surface area contributed by atoms with Crippen LogP contribution in [-0.4, -0.2) is 37.4 Å². The fraction of sp³-hybridized carbons (Fsp3) is 0.611. The molecule has 0 aromatic heterocycles. The highest BCUT2D eigenvalue weighted by Gasteiger charge is 2.36. The molecule has 0 aliphatic carbocycles. The van der Waals surface area contributed by atoms with E-state index in [1.807, 2.05) is 0 Å². The summed E-state index contributed by atoms with van der Waals surface area (Å²) in [7, 11) is -4.04. The smallest absolute Gasteiger partial charge is 0.365 e. The maximum Gasteiger partial charge on any atom is 0.365 e. The number of ketones is 2. The van der Waals surface area contributed by atoms with Crippen LogP contribution in [0.1, 0.15) is 48.5 Å². The Balaban J connectivity index is 6.13. The predicted octanol–water partition coefficient (Wildman–Crippen LogP) is 3.83. The van der Waals surface area contributed by atoms with Crippen LogP contribution < -0.4 is 0 Å². The number of rotatable bonds is 10. The average Bonchev–Trinajstić information content (AvgIpc) is 2.51. The Bertz CT molecular complexity index is 628. The summed E-state index contributed by atoms with van der Waals surface area (Å²) in [5.41, 5.74) is -0.657. The lowest BCUT2D eigenvalue weighted by Crippen LogP contribution is -2.19. The SMILES string of the molecule is CCOC(=O)/C=C(\C(=O)/C(C)=C/C(=O)C(C)(C)C)P(=O)(OCC)OCC. The monoisotopic (exact) mass is 388 g/mol. The molecular formula is C18H29O7P. The number of esters is 1. The number of hydrogen-bond donors (Lipinski definition) is 0. The summed E-state index contributed by atoms with van der Waals surface area (Å²) < 4.78 is 28.2. The first kappa shape index (κ1) is 24.4. The van der Waals surface area contributed by atoms with Gasteiger partial charge >= 0.3 is 13.6 Å². The van der Waals surface area contributed by atoms with Gasteiger partial charge in [0, 0.05) is 17.1 Å². The van der Waals surface area contributed by atoms with Crippen molar-refractivity contribution < 1.29 is 32.7 Å². The zero-order valence-corrected chi connectivity index (χ0v) is 17.5. The molecular weight excluding hydrogens is 359 g/mol. The van der Waals surface area contributed by atoms with Gasteiger partial charge in [0.2, 0.25) is 0 Å². The zero-order chi connectivity index (χ0) is 20.5. The normalized spacial score (nSPS) is 13.5. The van der Waals surface area contributed by atoms with Gasteiger partial charge in [0.1, 0.15) is 5.31 Å². The van der Waals surface area contributed by atoms with Crippen LogP contribution in [0.4, 0.5) is 0 Å². The van der Waals surface area contributed by atoms with Gasteiger partial charge in [0.15, 0.2) is 11.6 Å². The van der Waals surface area contributed by atoms with E-state index < -0.39 is 30.1 Å². The van der Waals surface area contributed by atoms with Gasteiger partial charge in [-0.1, -0.05) is 20.8 Å². The highest BCUT2D eigenvalue weighted by Crippen LogP contribution is 2.56. The van der Waals surface area contributed by atoms with Gasteiger partial charge in [-0.2, -0.15) is 0 Å². The third-order valence-electron chi connectivity index (χ3n) is 3.11. The quantitative estimate of drug-likeness (QED) is 0.319. The van der Waals surface area contributed by atoms with E-state index in [1.165, 1.54) is 13.0 Å². The van der Waals surface area contributed by atoms with E-state index >= 15 is 0 Å². The number of hydrogen-bond acceptors (Lipinski definition) is 7. The van der Waals surface area contributed by atoms with Crippen molar-refractivity contribution in [3.63, 3.8) is 0 Å². The van der Waals surface area contributed by atoms with Crippen molar-refractivity contribution in [3.8, 4) is 0 Å². The average molecular weight is 388 g/mol. The molecule has 0 bridgehead atoms. The van der Waals surface area contributed by atoms with Gasteiger partial charge in [-0.05, 0) is 33.8 Å². The number of allylic oxidation sites excluding steroid dienone is 3. The molecule has 8 heteroatoms. The van der Waals surface area contributed by atoms with E-state index in [0.717, 1.165) is 6.08 Å². The molecule has 0 aliphatic rings. The first-order valence-electron chi connectivity index (χ1n) is 8.48. The molecule has 0 unspecified atom stereocenters. The molecule has 0 saturated heterocycles. The topological polar surface area (TPSA) is 96.0 Å². The molecule has 0 aromatic carbocycles. The molecule has 0 spiro atoms. The van der Waals surface area contributed by atoms with Crippen LogP contribution in [-0.2, 0) is 32.7 Å². The largest absolute Gasteiger partial charge is 0.463 e. The minimum Gasteiger partial charge on any atom is -0.463 e. The molecule has 26 heavy (non-hydrogen) atoms. The van der Waals surface area contributed by atoms with Gasteiger partial charge < -0.3 is 13.8 Å². The molecule has 7 nitrogen and oxygen atoms in total. The summed E-state index contributed by atoms with van der Waals surface area (Å²) >= 11 is 0. The van der Waals surface area contributed by atoms with Crippen molar-refractivity contribution in [2.45, 2.75) is 48.5 Å². The lowest BCUT2D eigenvalue weighted by Gasteiger charge is -2.20. The molecule has 0 fully saturated rings. The second-order valence-electron chi connectivity index (χ2n) is 6.39. The fourth-order valence-corrected chi connectivity index (χ4v) is 3.48. The Morgan fingerprint density at radius 3 is 1.81 bits per heavy atom. The van der Waals surface area contributed by atoms with Gasteiger partial charge in [0.05, 0.1) is 19.8 Å². The van der Waals surface area contributed by atoms with Crippen LogP contribution >= 0.6 is 7.60 Å². The van der Waals surface area contributed by atoms with Crippen molar-refractivity contribution in [2.75, 3.05) is 19.8 Å². The van der Waals surface area contributed by atoms with Gasteiger partial charge in [-0.25, -0.2) is 4.79 Å². The van der Waals surface area contributed by atoms with Crippen LogP contribution in [0.25, 0.3) is 0 Å². The minimum atomic E-state index is -4.04. The summed E-state index contributed by atoms with van der Waals surface area (Å²) in [6.07, 6.45) is 1.99. The predicted molar refractivity (Wildman–Crippen MR) is 98.8 cm³/mol. The van der Waals surface area contributed by atoms with Gasteiger partial charge in [-0.15, -0.1) is 0 Å². The van der Waals surface area contributed by atoms with E-state index in [1.54, 1.807) is 41.5 Å².